The van der Waals surface area contributed by atoms with E-state index in [-0.39, 0.29) is 5.54 Å². The van der Waals surface area contributed by atoms with Gasteiger partial charge in [0.2, 0.25) is 0 Å². The molecule has 0 bridgehead atoms. The fourth-order valence-corrected chi connectivity index (χ4v) is 4.09. The molecule has 2 heterocycles. The largest absolute Gasteiger partial charge is 0.311 e. The van der Waals surface area contributed by atoms with Gasteiger partial charge in [-0.3, -0.25) is 4.90 Å². The van der Waals surface area contributed by atoms with E-state index in [9.17, 15) is 0 Å². The quantitative estimate of drug-likeness (QED) is 0.900. The van der Waals surface area contributed by atoms with Crippen molar-refractivity contribution in [3.05, 3.63) is 21.9 Å². The number of thiophene rings is 1. The summed E-state index contributed by atoms with van der Waals surface area (Å²) in [6.07, 6.45) is 1.22. The molecular formula is C17H30N2S. The molecule has 20 heavy (non-hydrogen) atoms. The van der Waals surface area contributed by atoms with Crippen LogP contribution < -0.4 is 5.32 Å². The van der Waals surface area contributed by atoms with E-state index in [1.54, 1.807) is 10.4 Å². The molecule has 2 nitrogen and oxygen atoms in total. The van der Waals surface area contributed by atoms with Crippen LogP contribution in [0.1, 0.15) is 58.0 Å². The Kier molecular flexibility index (Phi) is 4.93. The Bertz CT molecular complexity index is 430. The molecule has 1 aromatic heterocycles. The van der Waals surface area contributed by atoms with Crippen LogP contribution in [-0.4, -0.2) is 29.6 Å². The average molecular weight is 295 g/mol. The predicted molar refractivity (Wildman–Crippen MR) is 89.5 cm³/mol. The van der Waals surface area contributed by atoms with Gasteiger partial charge in [-0.25, -0.2) is 0 Å². The molecule has 0 aromatic carbocycles. The molecule has 2 rings (SSSR count). The zero-order valence-electron chi connectivity index (χ0n) is 13.9. The van der Waals surface area contributed by atoms with Gasteiger partial charge in [-0.05, 0) is 57.0 Å². The Labute approximate surface area is 128 Å². The number of rotatable bonds is 4. The van der Waals surface area contributed by atoms with Crippen LogP contribution in [0.2, 0.25) is 0 Å². The first-order valence-corrected chi connectivity index (χ1v) is 8.74. The van der Waals surface area contributed by atoms with Crippen LogP contribution >= 0.6 is 11.3 Å². The van der Waals surface area contributed by atoms with E-state index in [1.165, 1.54) is 13.0 Å². The highest BCUT2D eigenvalue weighted by molar-refractivity contribution is 7.10. The summed E-state index contributed by atoms with van der Waals surface area (Å²) >= 11 is 1.93. The highest BCUT2D eigenvalue weighted by Crippen LogP contribution is 2.35. The fraction of sp³-hybridized carbons (Fsp3) is 0.765. The zero-order chi connectivity index (χ0) is 14.9. The molecule has 0 spiro atoms. The maximum Gasteiger partial charge on any atom is 0.0334 e. The third-order valence-electron chi connectivity index (χ3n) is 4.36. The summed E-state index contributed by atoms with van der Waals surface area (Å²) in [7, 11) is 0. The number of nitrogens with zero attached hydrogens (tertiary/aromatic N) is 1. The van der Waals surface area contributed by atoms with Gasteiger partial charge >= 0.3 is 0 Å². The van der Waals surface area contributed by atoms with Crippen LogP contribution in [0.4, 0.5) is 0 Å². The lowest BCUT2D eigenvalue weighted by Gasteiger charge is -2.42. The Morgan fingerprint density at radius 2 is 2.10 bits per heavy atom. The van der Waals surface area contributed by atoms with Gasteiger partial charge in [0.1, 0.15) is 0 Å². The summed E-state index contributed by atoms with van der Waals surface area (Å²) in [5, 5.41) is 5.95. The lowest BCUT2D eigenvalue weighted by molar-refractivity contribution is 0.0955. The van der Waals surface area contributed by atoms with E-state index in [0.29, 0.717) is 18.0 Å². The minimum atomic E-state index is 0.194. The maximum absolute atomic E-state index is 3.70. The van der Waals surface area contributed by atoms with E-state index >= 15 is 0 Å². The highest BCUT2D eigenvalue weighted by Gasteiger charge is 2.32. The molecule has 0 saturated carbocycles. The van der Waals surface area contributed by atoms with Gasteiger partial charge in [-0.15, -0.1) is 11.3 Å². The number of nitrogens with one attached hydrogen (secondary N) is 1. The third kappa shape index (κ3) is 3.63. The molecule has 2 atom stereocenters. The van der Waals surface area contributed by atoms with Crippen molar-refractivity contribution in [1.29, 1.82) is 0 Å². The second-order valence-electron chi connectivity index (χ2n) is 7.41. The minimum Gasteiger partial charge on any atom is -0.311 e. The predicted octanol–water partition coefficient (Wildman–Crippen LogP) is 4.08. The molecule has 1 aromatic rings. The SMILES string of the molecule is CC(C)C(CNC(C)(C)C)N1CCc2sccc2C1C. The first-order chi connectivity index (χ1) is 9.29. The van der Waals surface area contributed by atoms with Gasteiger partial charge < -0.3 is 5.32 Å². The van der Waals surface area contributed by atoms with Crippen molar-refractivity contribution >= 4 is 11.3 Å². The molecule has 0 aliphatic carbocycles. The summed E-state index contributed by atoms with van der Waals surface area (Å²) in [5.41, 5.74) is 1.75. The summed E-state index contributed by atoms with van der Waals surface area (Å²) in [6, 6.07) is 3.49. The second kappa shape index (κ2) is 6.17. The molecule has 0 saturated heterocycles. The minimum absolute atomic E-state index is 0.194. The van der Waals surface area contributed by atoms with Crippen molar-refractivity contribution in [3.8, 4) is 0 Å². The van der Waals surface area contributed by atoms with E-state index in [2.05, 4.69) is 63.2 Å². The van der Waals surface area contributed by atoms with Gasteiger partial charge in [0, 0.05) is 35.6 Å². The van der Waals surface area contributed by atoms with Crippen LogP contribution in [0.3, 0.4) is 0 Å². The third-order valence-corrected chi connectivity index (χ3v) is 5.36. The van der Waals surface area contributed by atoms with Crippen molar-refractivity contribution in [2.24, 2.45) is 5.92 Å². The van der Waals surface area contributed by atoms with Crippen molar-refractivity contribution in [1.82, 2.24) is 10.2 Å². The van der Waals surface area contributed by atoms with E-state index in [0.717, 1.165) is 6.54 Å². The van der Waals surface area contributed by atoms with Gasteiger partial charge in [-0.1, -0.05) is 13.8 Å². The van der Waals surface area contributed by atoms with Crippen molar-refractivity contribution in [2.45, 2.75) is 65.6 Å². The Morgan fingerprint density at radius 3 is 2.70 bits per heavy atom. The van der Waals surface area contributed by atoms with E-state index < -0.39 is 0 Å². The van der Waals surface area contributed by atoms with Gasteiger partial charge in [0.05, 0.1) is 0 Å². The van der Waals surface area contributed by atoms with Gasteiger partial charge in [0.15, 0.2) is 0 Å². The van der Waals surface area contributed by atoms with Crippen molar-refractivity contribution in [3.63, 3.8) is 0 Å². The molecule has 0 amide bonds. The van der Waals surface area contributed by atoms with Gasteiger partial charge in [0.25, 0.3) is 0 Å². The number of hydrogen-bond acceptors (Lipinski definition) is 3. The lowest BCUT2D eigenvalue weighted by atomic mass is 9.93. The van der Waals surface area contributed by atoms with Gasteiger partial charge in [-0.2, -0.15) is 0 Å². The number of fused-ring (bicyclic) bond motifs is 1. The maximum atomic E-state index is 3.70. The highest BCUT2D eigenvalue weighted by atomic mass is 32.1. The molecule has 1 N–H and O–H groups in total. The molecule has 1 aliphatic rings. The Balaban J connectivity index is 2.11. The molecule has 1 aliphatic heterocycles. The fourth-order valence-electron chi connectivity index (χ4n) is 3.13. The monoisotopic (exact) mass is 294 g/mol. The lowest BCUT2D eigenvalue weighted by Crippen LogP contribution is -2.52. The van der Waals surface area contributed by atoms with Crippen molar-refractivity contribution in [2.75, 3.05) is 13.1 Å². The van der Waals surface area contributed by atoms with Crippen LogP contribution in [0.25, 0.3) is 0 Å². The number of hydrogen-bond donors (Lipinski definition) is 1. The van der Waals surface area contributed by atoms with Crippen LogP contribution in [0.15, 0.2) is 11.4 Å². The molecule has 0 fully saturated rings. The standard InChI is InChI=1S/C17H30N2S/c1-12(2)15(11-18-17(4,5)6)19-9-7-16-14(13(19)3)8-10-20-16/h8,10,12-13,15,18H,7,9,11H2,1-6H3. The van der Waals surface area contributed by atoms with Crippen LogP contribution in [-0.2, 0) is 6.42 Å². The normalized spacial score (nSPS) is 22.1. The Morgan fingerprint density at radius 1 is 1.40 bits per heavy atom. The van der Waals surface area contributed by atoms with E-state index in [4.69, 9.17) is 0 Å². The summed E-state index contributed by atoms with van der Waals surface area (Å²) in [6.45, 7) is 16.1. The van der Waals surface area contributed by atoms with Crippen molar-refractivity contribution < 1.29 is 0 Å². The van der Waals surface area contributed by atoms with Crippen LogP contribution in [0.5, 0.6) is 0 Å². The summed E-state index contributed by atoms with van der Waals surface area (Å²) in [4.78, 5) is 4.30. The smallest absolute Gasteiger partial charge is 0.0334 e. The zero-order valence-corrected chi connectivity index (χ0v) is 14.7. The van der Waals surface area contributed by atoms with E-state index in [1.807, 2.05) is 11.3 Å². The molecular weight excluding hydrogens is 264 g/mol. The first-order valence-electron chi connectivity index (χ1n) is 7.86. The molecule has 2 unspecified atom stereocenters. The molecule has 0 radical (unpaired) electrons. The summed E-state index contributed by atoms with van der Waals surface area (Å²) in [5.74, 6) is 0.674. The summed E-state index contributed by atoms with van der Waals surface area (Å²) < 4.78 is 0. The van der Waals surface area contributed by atoms with Crippen LogP contribution in [0, 0.1) is 5.92 Å². The topological polar surface area (TPSA) is 15.3 Å². The average Bonchev–Trinajstić information content (AvgIpc) is 2.79. The Hall–Kier alpha value is -0.380. The molecule has 114 valence electrons. The molecule has 3 heteroatoms. The first kappa shape index (κ1) is 16.0. The second-order valence-corrected chi connectivity index (χ2v) is 8.41.